The molecule has 0 saturated heterocycles. The number of hydrogen-bond donors (Lipinski definition) is 1. The third-order valence-corrected chi connectivity index (χ3v) is 6.02. The summed E-state index contributed by atoms with van der Waals surface area (Å²) >= 11 is 1.28. The van der Waals surface area contributed by atoms with Crippen LogP contribution in [0.2, 0.25) is 0 Å². The second-order valence-corrected chi connectivity index (χ2v) is 7.57. The van der Waals surface area contributed by atoms with Crippen molar-refractivity contribution in [2.45, 2.75) is 6.92 Å². The van der Waals surface area contributed by atoms with E-state index in [9.17, 15) is 4.79 Å². The molecule has 30 heavy (non-hydrogen) atoms. The summed E-state index contributed by atoms with van der Waals surface area (Å²) in [5, 5.41) is 12.7. The molecule has 4 heterocycles. The molecule has 0 atom stereocenters. The van der Waals surface area contributed by atoms with Gasteiger partial charge in [0.15, 0.2) is 11.5 Å². The highest BCUT2D eigenvalue weighted by molar-refractivity contribution is 7.20. The molecule has 4 aromatic heterocycles. The largest absolute Gasteiger partial charge is 0.497 e. The average Bonchev–Trinajstić information content (AvgIpc) is 3.49. The number of aromatic nitrogens is 6. The first-order chi connectivity index (χ1) is 14.6. The zero-order valence-electron chi connectivity index (χ0n) is 16.3. The van der Waals surface area contributed by atoms with Crippen LogP contribution >= 0.6 is 11.3 Å². The monoisotopic (exact) mass is 420 g/mol. The molecule has 0 saturated carbocycles. The van der Waals surface area contributed by atoms with Crippen molar-refractivity contribution in [2.24, 2.45) is 0 Å². The molecule has 150 valence electrons. The summed E-state index contributed by atoms with van der Waals surface area (Å²) in [5.41, 5.74) is 3.80. The summed E-state index contributed by atoms with van der Waals surface area (Å²) in [6.07, 6.45) is 1.59. The van der Waals surface area contributed by atoms with E-state index in [1.54, 1.807) is 18.0 Å². The van der Waals surface area contributed by atoms with Crippen molar-refractivity contribution in [2.75, 3.05) is 14.2 Å². The van der Waals surface area contributed by atoms with Gasteiger partial charge in [-0.25, -0.2) is 19.3 Å². The molecule has 0 fully saturated rings. The fourth-order valence-corrected chi connectivity index (χ4v) is 4.34. The van der Waals surface area contributed by atoms with E-state index < -0.39 is 0 Å². The zero-order chi connectivity index (χ0) is 20.8. The van der Waals surface area contributed by atoms with Crippen molar-refractivity contribution in [3.05, 3.63) is 47.1 Å². The lowest BCUT2D eigenvalue weighted by atomic mass is 10.1. The molecular formula is C20H16N6O3S. The van der Waals surface area contributed by atoms with E-state index in [0.29, 0.717) is 26.9 Å². The lowest BCUT2D eigenvalue weighted by Crippen LogP contribution is -1.99. The van der Waals surface area contributed by atoms with Crippen molar-refractivity contribution in [1.29, 1.82) is 0 Å². The normalized spacial score (nSPS) is 11.3. The zero-order valence-corrected chi connectivity index (χ0v) is 17.1. The van der Waals surface area contributed by atoms with Gasteiger partial charge in [0.1, 0.15) is 27.5 Å². The molecule has 0 spiro atoms. The van der Waals surface area contributed by atoms with Crippen LogP contribution in [0.1, 0.15) is 15.2 Å². The fourth-order valence-electron chi connectivity index (χ4n) is 3.28. The smallest absolute Gasteiger partial charge is 0.348 e. The summed E-state index contributed by atoms with van der Waals surface area (Å²) in [6.45, 7) is 1.86. The molecule has 0 aliphatic carbocycles. The highest BCUT2D eigenvalue weighted by atomic mass is 32.1. The van der Waals surface area contributed by atoms with E-state index in [0.717, 1.165) is 28.0 Å². The number of nitrogens with zero attached hydrogens (tertiary/aromatic N) is 5. The Balaban J connectivity index is 1.58. The van der Waals surface area contributed by atoms with Crippen molar-refractivity contribution < 1.29 is 14.3 Å². The van der Waals surface area contributed by atoms with Crippen LogP contribution in [0.25, 0.3) is 38.6 Å². The van der Waals surface area contributed by atoms with E-state index in [-0.39, 0.29) is 5.97 Å². The van der Waals surface area contributed by atoms with Crippen LogP contribution in [0.4, 0.5) is 0 Å². The van der Waals surface area contributed by atoms with E-state index in [1.807, 2.05) is 37.3 Å². The minimum Gasteiger partial charge on any atom is -0.497 e. The van der Waals surface area contributed by atoms with Crippen molar-refractivity contribution in [3.8, 4) is 28.5 Å². The SMILES string of the molecule is COC(=O)c1sc2ncn3nc(-c4cc(-c5ccc(OC)cc5)n[nH]4)nc3c2c1C. The highest BCUT2D eigenvalue weighted by Gasteiger charge is 2.21. The Morgan fingerprint density at radius 2 is 2.00 bits per heavy atom. The quantitative estimate of drug-likeness (QED) is 0.443. The minimum atomic E-state index is -0.383. The average molecular weight is 420 g/mol. The molecule has 10 heteroatoms. The van der Waals surface area contributed by atoms with Gasteiger partial charge in [-0.3, -0.25) is 5.10 Å². The Kier molecular flexibility index (Phi) is 4.21. The van der Waals surface area contributed by atoms with Gasteiger partial charge in [-0.15, -0.1) is 16.4 Å². The van der Waals surface area contributed by atoms with Crippen LogP contribution in [0.15, 0.2) is 36.7 Å². The molecule has 0 aliphatic heterocycles. The number of rotatable bonds is 4. The maximum atomic E-state index is 12.0. The number of aromatic amines is 1. The van der Waals surface area contributed by atoms with Crippen LogP contribution in [-0.2, 0) is 4.74 Å². The number of carbonyl (C=O) groups excluding carboxylic acids is 1. The molecule has 0 bridgehead atoms. The van der Waals surface area contributed by atoms with E-state index in [4.69, 9.17) is 9.47 Å². The molecule has 1 N–H and O–H groups in total. The van der Waals surface area contributed by atoms with Gasteiger partial charge in [-0.05, 0) is 42.8 Å². The molecular weight excluding hydrogens is 404 g/mol. The van der Waals surface area contributed by atoms with Crippen LogP contribution < -0.4 is 4.74 Å². The summed E-state index contributed by atoms with van der Waals surface area (Å²) in [6, 6.07) is 9.53. The standard InChI is InChI=1S/C20H16N6O3S/c1-10-15-18-22-17(25-26(18)9-21-19(15)30-16(10)20(27)29-3)14-8-13(23-24-14)11-4-6-12(28-2)7-5-11/h4-9H,1-3H3,(H,23,24). The minimum absolute atomic E-state index is 0.383. The van der Waals surface area contributed by atoms with Gasteiger partial charge in [0.25, 0.3) is 0 Å². The van der Waals surface area contributed by atoms with Gasteiger partial charge in [0, 0.05) is 5.56 Å². The number of methoxy groups -OCH3 is 2. The maximum absolute atomic E-state index is 12.0. The molecule has 0 radical (unpaired) electrons. The number of esters is 1. The number of thiophene rings is 1. The number of nitrogens with one attached hydrogen (secondary N) is 1. The van der Waals surface area contributed by atoms with Crippen molar-refractivity contribution >= 4 is 33.2 Å². The fraction of sp³-hybridized carbons (Fsp3) is 0.150. The third-order valence-electron chi connectivity index (χ3n) is 4.84. The first-order valence-corrected chi connectivity index (χ1v) is 9.83. The van der Waals surface area contributed by atoms with Gasteiger partial charge in [0.05, 0.1) is 25.3 Å². The van der Waals surface area contributed by atoms with Gasteiger partial charge in [-0.2, -0.15) is 5.10 Å². The summed E-state index contributed by atoms with van der Waals surface area (Å²) in [7, 11) is 2.99. The van der Waals surface area contributed by atoms with E-state index in [2.05, 4.69) is 25.3 Å². The number of fused-ring (bicyclic) bond motifs is 3. The number of ether oxygens (including phenoxy) is 2. The van der Waals surface area contributed by atoms with Gasteiger partial charge in [-0.1, -0.05) is 0 Å². The second-order valence-electron chi connectivity index (χ2n) is 6.57. The highest BCUT2D eigenvalue weighted by Crippen LogP contribution is 2.33. The Morgan fingerprint density at radius 3 is 2.73 bits per heavy atom. The molecule has 5 aromatic rings. The van der Waals surface area contributed by atoms with Gasteiger partial charge in [0.2, 0.25) is 0 Å². The topological polar surface area (TPSA) is 107 Å². The Hall–Kier alpha value is -3.79. The number of aryl methyl sites for hydroxylation is 1. The lowest BCUT2D eigenvalue weighted by Gasteiger charge is -1.99. The summed E-state index contributed by atoms with van der Waals surface area (Å²) in [4.78, 5) is 22.4. The molecule has 0 amide bonds. The Morgan fingerprint density at radius 1 is 1.20 bits per heavy atom. The first-order valence-electron chi connectivity index (χ1n) is 9.02. The molecule has 5 rings (SSSR count). The van der Waals surface area contributed by atoms with Gasteiger partial charge < -0.3 is 9.47 Å². The number of hydrogen-bond acceptors (Lipinski definition) is 8. The third kappa shape index (κ3) is 2.80. The predicted octanol–water partition coefficient (Wildman–Crippen LogP) is 3.50. The predicted molar refractivity (Wildman–Crippen MR) is 112 cm³/mol. The Labute approximate surface area is 174 Å². The van der Waals surface area contributed by atoms with E-state index in [1.165, 1.54) is 18.4 Å². The van der Waals surface area contributed by atoms with E-state index >= 15 is 0 Å². The van der Waals surface area contributed by atoms with Crippen LogP contribution in [0, 0.1) is 6.92 Å². The van der Waals surface area contributed by atoms with Crippen LogP contribution in [0.5, 0.6) is 5.75 Å². The lowest BCUT2D eigenvalue weighted by molar-refractivity contribution is 0.0605. The summed E-state index contributed by atoms with van der Waals surface area (Å²) in [5.74, 6) is 0.887. The molecule has 0 aliphatic rings. The number of carbonyl (C=O) groups is 1. The van der Waals surface area contributed by atoms with Crippen LogP contribution in [0.3, 0.4) is 0 Å². The number of H-pyrrole nitrogens is 1. The Bertz CT molecular complexity index is 1400. The first kappa shape index (κ1) is 18.3. The van der Waals surface area contributed by atoms with Crippen molar-refractivity contribution in [1.82, 2.24) is 29.8 Å². The number of benzene rings is 1. The maximum Gasteiger partial charge on any atom is 0.348 e. The molecule has 0 unspecified atom stereocenters. The van der Waals surface area contributed by atoms with Crippen molar-refractivity contribution in [3.63, 3.8) is 0 Å². The molecule has 1 aromatic carbocycles. The molecule has 9 nitrogen and oxygen atoms in total. The van der Waals surface area contributed by atoms with Crippen LogP contribution in [-0.4, -0.2) is 50.0 Å². The second kappa shape index (κ2) is 6.92. The summed E-state index contributed by atoms with van der Waals surface area (Å²) < 4.78 is 11.7. The van der Waals surface area contributed by atoms with Gasteiger partial charge >= 0.3 is 5.97 Å².